The van der Waals surface area contributed by atoms with Crippen LogP contribution in [-0.2, 0) is 23.4 Å². The number of fused-ring (bicyclic) bond motifs is 1. The molecule has 15 nitrogen and oxygen atoms in total. The van der Waals surface area contributed by atoms with E-state index in [0.717, 1.165) is 25.1 Å². The minimum absolute atomic E-state index is 0.0642. The fraction of sp³-hybridized carbons (Fsp3) is 0.438. The number of hydrogen-bond donors (Lipinski definition) is 3. The zero-order valence-electron chi connectivity index (χ0n) is 27.1. The van der Waals surface area contributed by atoms with Crippen molar-refractivity contribution in [2.45, 2.75) is 75.7 Å². The predicted molar refractivity (Wildman–Crippen MR) is 170 cm³/mol. The fourth-order valence-corrected chi connectivity index (χ4v) is 6.67. The van der Waals surface area contributed by atoms with Gasteiger partial charge >= 0.3 is 25.3 Å². The van der Waals surface area contributed by atoms with Crippen LogP contribution in [0.5, 0.6) is 17.2 Å². The van der Waals surface area contributed by atoms with Crippen LogP contribution in [-0.4, -0.2) is 75.6 Å². The summed E-state index contributed by atoms with van der Waals surface area (Å²) in [6.07, 6.45) is -4.59. The van der Waals surface area contributed by atoms with Crippen LogP contribution in [0.3, 0.4) is 0 Å². The van der Waals surface area contributed by atoms with Crippen LogP contribution in [0, 0.1) is 0 Å². The number of para-hydroxylation sites is 1. The topological polar surface area (TPSA) is 186 Å². The molecule has 0 bridgehead atoms. The summed E-state index contributed by atoms with van der Waals surface area (Å²) in [7, 11) is -4.50. The van der Waals surface area contributed by atoms with Gasteiger partial charge in [0.25, 0.3) is 5.91 Å². The molecule has 1 saturated carbocycles. The number of carbonyl (C=O) groups is 2. The number of nitrogens with one attached hydrogen (secondary N) is 2. The molecule has 5 atom stereocenters. The molecule has 3 aliphatic rings. The molecule has 3 heterocycles. The molecule has 268 valence electrons. The maximum Gasteiger partial charge on any atom is 0.459 e. The van der Waals surface area contributed by atoms with Crippen LogP contribution in [0.25, 0.3) is 0 Å². The highest BCUT2D eigenvalue weighted by molar-refractivity contribution is 7.52. The molecule has 50 heavy (non-hydrogen) atoms. The maximum absolute atomic E-state index is 15.4. The number of ether oxygens (including phenoxy) is 4. The summed E-state index contributed by atoms with van der Waals surface area (Å²) in [5, 5.41) is 15.4. The third kappa shape index (κ3) is 7.66. The largest absolute Gasteiger partial charge is 0.486 e. The summed E-state index contributed by atoms with van der Waals surface area (Å²) >= 11 is 0. The van der Waals surface area contributed by atoms with Crippen LogP contribution in [0.4, 0.5) is 14.6 Å². The van der Waals surface area contributed by atoms with Gasteiger partial charge in [-0.25, -0.2) is 9.36 Å². The van der Waals surface area contributed by atoms with Crippen molar-refractivity contribution in [2.75, 3.05) is 18.5 Å². The van der Waals surface area contributed by atoms with Crippen LogP contribution >= 0.6 is 7.75 Å². The lowest BCUT2D eigenvalue weighted by molar-refractivity contribution is -0.149. The molecule has 0 radical (unpaired) electrons. The second kappa shape index (κ2) is 13.7. The minimum Gasteiger partial charge on any atom is -0.486 e. The van der Waals surface area contributed by atoms with Gasteiger partial charge in [-0.3, -0.25) is 18.7 Å². The first kappa shape index (κ1) is 35.4. The zero-order chi connectivity index (χ0) is 35.8. The van der Waals surface area contributed by atoms with Crippen molar-refractivity contribution in [3.05, 3.63) is 76.8 Å². The summed E-state index contributed by atoms with van der Waals surface area (Å²) in [5.74, 6) is -4.75. The highest BCUT2D eigenvalue weighted by atomic mass is 31.2. The number of carbonyl (C=O) groups excluding carboxylic acids is 2. The van der Waals surface area contributed by atoms with E-state index in [-0.39, 0.29) is 22.7 Å². The van der Waals surface area contributed by atoms with E-state index in [4.69, 9.17) is 28.0 Å². The second-order valence-electron chi connectivity index (χ2n) is 12.4. The fourth-order valence-electron chi connectivity index (χ4n) is 5.17. The predicted octanol–water partition coefficient (Wildman–Crippen LogP) is 3.83. The van der Waals surface area contributed by atoms with Crippen LogP contribution in [0.15, 0.2) is 65.6 Å². The van der Waals surface area contributed by atoms with Crippen molar-refractivity contribution in [3.63, 3.8) is 0 Å². The summed E-state index contributed by atoms with van der Waals surface area (Å²) in [4.78, 5) is 41.9. The van der Waals surface area contributed by atoms with Gasteiger partial charge in [0.1, 0.15) is 35.9 Å². The van der Waals surface area contributed by atoms with Crippen molar-refractivity contribution in [1.82, 2.24) is 14.6 Å². The lowest BCUT2D eigenvalue weighted by atomic mass is 10.1. The lowest BCUT2D eigenvalue weighted by Gasteiger charge is -2.26. The number of rotatable bonds is 12. The third-order valence-electron chi connectivity index (χ3n) is 7.97. The number of aliphatic hydroxyl groups is 1. The zero-order valence-corrected chi connectivity index (χ0v) is 28.0. The van der Waals surface area contributed by atoms with Crippen LogP contribution < -0.4 is 30.1 Å². The standard InChI is InChI=1S/C32H35F2N4O11P/c1-18(2)46-28(41)19(3)37-50(43,49-21-7-5-4-6-8-21)45-16-24-26(39)32(33,34)29(47-24)38-14-11-25(36-30(38)42)35-27(40)20-9-10-22-23(15-20)48-31(12-13-31)17-44-22/h4-11,14-15,18-19,24,26,29,39H,12-13,16-17H2,1-3H3,(H,37,43)(H,35,36,40,42)/t19-,24-,26-,29?,50?/m1/s1. The van der Waals surface area contributed by atoms with Crippen molar-refractivity contribution in [1.29, 1.82) is 0 Å². The lowest BCUT2D eigenvalue weighted by Crippen LogP contribution is -2.42. The number of aromatic nitrogens is 2. The first-order valence-corrected chi connectivity index (χ1v) is 17.3. The van der Waals surface area contributed by atoms with Crippen LogP contribution in [0.1, 0.15) is 50.2 Å². The Kier molecular flexibility index (Phi) is 9.72. The molecule has 3 N–H and O–H groups in total. The van der Waals surface area contributed by atoms with Gasteiger partial charge in [0, 0.05) is 11.8 Å². The van der Waals surface area contributed by atoms with Gasteiger partial charge in [-0.05, 0) is 70.0 Å². The molecule has 18 heteroatoms. The van der Waals surface area contributed by atoms with Gasteiger partial charge in [0.15, 0.2) is 17.6 Å². The molecule has 2 aliphatic heterocycles. The van der Waals surface area contributed by atoms with Gasteiger partial charge < -0.3 is 33.9 Å². The number of aliphatic hydroxyl groups excluding tert-OH is 1. The molecule has 3 aromatic rings. The Bertz CT molecular complexity index is 1860. The Balaban J connectivity index is 1.13. The minimum atomic E-state index is -4.50. The van der Waals surface area contributed by atoms with Gasteiger partial charge in [-0.1, -0.05) is 18.2 Å². The van der Waals surface area contributed by atoms with E-state index < -0.39 is 68.4 Å². The molecule has 2 aromatic carbocycles. The summed E-state index contributed by atoms with van der Waals surface area (Å²) in [6, 6.07) is 12.2. The number of anilines is 1. The van der Waals surface area contributed by atoms with E-state index in [1.54, 1.807) is 38.1 Å². The number of esters is 1. The molecule has 2 fully saturated rings. The molecule has 1 aromatic heterocycles. The molecule has 1 saturated heterocycles. The average molecular weight is 721 g/mol. The molecule has 1 aliphatic carbocycles. The van der Waals surface area contributed by atoms with E-state index in [0.29, 0.717) is 22.7 Å². The number of halogens is 2. The number of hydrogen-bond acceptors (Lipinski definition) is 12. The third-order valence-corrected chi connectivity index (χ3v) is 9.61. The smallest absolute Gasteiger partial charge is 0.459 e. The quantitative estimate of drug-likeness (QED) is 0.181. The number of nitrogens with zero attached hydrogens (tertiary/aromatic N) is 2. The summed E-state index contributed by atoms with van der Waals surface area (Å²) < 4.78 is 78.0. The normalized spacial score (nSPS) is 23.1. The molecule has 1 spiro atoms. The Morgan fingerprint density at radius 3 is 2.54 bits per heavy atom. The van der Waals surface area contributed by atoms with E-state index in [1.807, 2.05) is 0 Å². The molecule has 1 amide bonds. The second-order valence-corrected chi connectivity index (χ2v) is 14.1. The highest BCUT2D eigenvalue weighted by Crippen LogP contribution is 2.49. The van der Waals surface area contributed by atoms with Crippen molar-refractivity contribution in [3.8, 4) is 17.2 Å². The van der Waals surface area contributed by atoms with Crippen LogP contribution in [0.2, 0.25) is 0 Å². The SMILES string of the molecule is CC(C)OC(=O)[C@@H](C)NP(=O)(OC[C@H]1OC(n2ccc(NC(=O)c3ccc4c(c3)OC3(CC3)CO4)nc2=O)C(F)(F)[C@@H]1O)Oc1ccccc1. The molecule has 2 unspecified atom stereocenters. The van der Waals surface area contributed by atoms with Crippen molar-refractivity contribution >= 4 is 25.4 Å². The van der Waals surface area contributed by atoms with E-state index in [2.05, 4.69) is 15.4 Å². The Morgan fingerprint density at radius 2 is 1.86 bits per heavy atom. The summed E-state index contributed by atoms with van der Waals surface area (Å²) in [5.41, 5.74) is -1.41. The van der Waals surface area contributed by atoms with E-state index in [1.165, 1.54) is 31.2 Å². The molecule has 6 rings (SSSR count). The monoisotopic (exact) mass is 720 g/mol. The van der Waals surface area contributed by atoms with Gasteiger partial charge in [-0.15, -0.1) is 0 Å². The molecular weight excluding hydrogens is 685 g/mol. The van der Waals surface area contributed by atoms with E-state index in [9.17, 15) is 24.1 Å². The van der Waals surface area contributed by atoms with Gasteiger partial charge in [0.05, 0.1) is 12.7 Å². The van der Waals surface area contributed by atoms with Gasteiger partial charge in [-0.2, -0.15) is 18.9 Å². The van der Waals surface area contributed by atoms with Crippen molar-refractivity contribution in [2.24, 2.45) is 0 Å². The average Bonchev–Trinajstić information content (AvgIpc) is 3.77. The number of amides is 1. The summed E-state index contributed by atoms with van der Waals surface area (Å²) in [6.45, 7) is 4.08. The Morgan fingerprint density at radius 1 is 1.12 bits per heavy atom. The number of benzene rings is 2. The maximum atomic E-state index is 15.4. The first-order valence-electron chi connectivity index (χ1n) is 15.7. The molecular formula is C32H35F2N4O11P. The van der Waals surface area contributed by atoms with E-state index >= 15 is 8.78 Å². The Hall–Kier alpha value is -4.41. The van der Waals surface area contributed by atoms with Crippen molar-refractivity contribution < 1.29 is 56.0 Å². The highest BCUT2D eigenvalue weighted by Gasteiger charge is 2.60. The Labute approximate surface area is 284 Å². The number of alkyl halides is 2. The first-order chi connectivity index (χ1) is 23.7. The van der Waals surface area contributed by atoms with Gasteiger partial charge in [0.2, 0.25) is 6.23 Å².